The lowest BCUT2D eigenvalue weighted by Crippen LogP contribution is -2.22. The van der Waals surface area contributed by atoms with Gasteiger partial charge in [0.1, 0.15) is 10.8 Å². The molecule has 1 amide bonds. The van der Waals surface area contributed by atoms with Crippen LogP contribution in [0.1, 0.15) is 37.7 Å². The van der Waals surface area contributed by atoms with Crippen LogP contribution in [0.4, 0.5) is 10.1 Å². The van der Waals surface area contributed by atoms with E-state index in [1.165, 1.54) is 18.2 Å². The molecule has 1 aliphatic rings. The van der Waals surface area contributed by atoms with Gasteiger partial charge in [0.2, 0.25) is 5.91 Å². The van der Waals surface area contributed by atoms with E-state index >= 15 is 0 Å². The predicted octanol–water partition coefficient (Wildman–Crippen LogP) is 2.75. The molecule has 3 N–H and O–H groups in total. The summed E-state index contributed by atoms with van der Waals surface area (Å²) in [6, 6.07) is 4.19. The summed E-state index contributed by atoms with van der Waals surface area (Å²) in [4.78, 5) is 11.9. The number of nitrogens with one attached hydrogen (secondary N) is 1. The highest BCUT2D eigenvalue weighted by Crippen LogP contribution is 2.18. The Morgan fingerprint density at radius 1 is 1.48 bits per heavy atom. The Kier molecular flexibility index (Phi) is 5.64. The average molecular weight is 310 g/mol. The summed E-state index contributed by atoms with van der Waals surface area (Å²) < 4.78 is 19.0. The Morgan fingerprint density at radius 2 is 2.29 bits per heavy atom. The zero-order chi connectivity index (χ0) is 15.2. The van der Waals surface area contributed by atoms with Gasteiger partial charge in [0.15, 0.2) is 0 Å². The molecule has 4 nitrogen and oxygen atoms in total. The van der Waals surface area contributed by atoms with Gasteiger partial charge in [-0.1, -0.05) is 12.2 Å². The van der Waals surface area contributed by atoms with Gasteiger partial charge in [0, 0.05) is 24.3 Å². The number of hydrogen-bond donors (Lipinski definition) is 2. The highest BCUT2D eigenvalue weighted by atomic mass is 32.1. The molecule has 6 heteroatoms. The molecule has 1 aromatic carbocycles. The molecule has 2 rings (SSSR count). The number of anilines is 1. The van der Waals surface area contributed by atoms with Crippen LogP contribution in [0.2, 0.25) is 0 Å². The monoisotopic (exact) mass is 310 g/mol. The third-order valence-electron chi connectivity index (χ3n) is 3.48. The number of nitrogens with two attached hydrogens (primary N) is 1. The van der Waals surface area contributed by atoms with E-state index in [1.54, 1.807) is 0 Å². The first kappa shape index (κ1) is 15.9. The summed E-state index contributed by atoms with van der Waals surface area (Å²) in [5, 5.41) is 2.73. The first-order valence-corrected chi connectivity index (χ1v) is 7.48. The van der Waals surface area contributed by atoms with Crippen molar-refractivity contribution < 1.29 is 13.9 Å². The second-order valence-electron chi connectivity index (χ2n) is 5.13. The maximum atomic E-state index is 13.5. The molecule has 1 aromatic rings. The first-order chi connectivity index (χ1) is 10.1. The predicted molar refractivity (Wildman–Crippen MR) is 83.7 cm³/mol. The summed E-state index contributed by atoms with van der Waals surface area (Å²) in [6.07, 6.45) is 4.52. The van der Waals surface area contributed by atoms with Gasteiger partial charge in [-0.25, -0.2) is 4.39 Å². The number of carbonyl (C=O) groups is 1. The van der Waals surface area contributed by atoms with Crippen LogP contribution in [-0.4, -0.2) is 23.6 Å². The molecule has 0 radical (unpaired) electrons. The number of halogens is 1. The van der Waals surface area contributed by atoms with E-state index in [-0.39, 0.29) is 22.6 Å². The Bertz CT molecular complexity index is 530. The molecule has 1 saturated heterocycles. The van der Waals surface area contributed by atoms with Gasteiger partial charge in [-0.15, -0.1) is 0 Å². The third kappa shape index (κ3) is 4.75. The van der Waals surface area contributed by atoms with Crippen LogP contribution in [0.5, 0.6) is 0 Å². The van der Waals surface area contributed by atoms with Gasteiger partial charge in [0.05, 0.1) is 6.10 Å². The lowest BCUT2D eigenvalue weighted by molar-refractivity contribution is -0.117. The van der Waals surface area contributed by atoms with E-state index in [0.29, 0.717) is 18.5 Å². The van der Waals surface area contributed by atoms with Crippen LogP contribution in [0.25, 0.3) is 0 Å². The van der Waals surface area contributed by atoms with Crippen molar-refractivity contribution in [3.05, 3.63) is 29.6 Å². The Labute approximate surface area is 128 Å². The number of thiocarbonyl (C=S) groups is 1. The summed E-state index contributed by atoms with van der Waals surface area (Å²) in [7, 11) is 0. The Hall–Kier alpha value is -1.53. The molecule has 1 fully saturated rings. The average Bonchev–Trinajstić information content (AvgIpc) is 2.48. The van der Waals surface area contributed by atoms with Crippen molar-refractivity contribution in [2.75, 3.05) is 11.9 Å². The topological polar surface area (TPSA) is 64.3 Å². The smallest absolute Gasteiger partial charge is 0.224 e. The van der Waals surface area contributed by atoms with Crippen molar-refractivity contribution in [3.63, 3.8) is 0 Å². The zero-order valence-electron chi connectivity index (χ0n) is 11.7. The van der Waals surface area contributed by atoms with Crippen molar-refractivity contribution in [2.45, 2.75) is 38.2 Å². The van der Waals surface area contributed by atoms with Crippen molar-refractivity contribution in [3.8, 4) is 0 Å². The molecule has 1 aliphatic heterocycles. The lowest BCUT2D eigenvalue weighted by atomic mass is 10.0. The molecule has 0 bridgehead atoms. The second-order valence-corrected chi connectivity index (χ2v) is 5.57. The van der Waals surface area contributed by atoms with Crippen molar-refractivity contribution in [1.82, 2.24) is 0 Å². The molecular weight excluding hydrogens is 291 g/mol. The van der Waals surface area contributed by atoms with E-state index in [0.717, 1.165) is 25.9 Å². The molecule has 1 heterocycles. The summed E-state index contributed by atoms with van der Waals surface area (Å²) >= 11 is 4.77. The van der Waals surface area contributed by atoms with Gasteiger partial charge < -0.3 is 15.8 Å². The molecular formula is C15H19FN2O2S. The minimum atomic E-state index is -0.490. The van der Waals surface area contributed by atoms with E-state index < -0.39 is 5.82 Å². The van der Waals surface area contributed by atoms with Crippen LogP contribution in [0.3, 0.4) is 0 Å². The van der Waals surface area contributed by atoms with Crippen molar-refractivity contribution >= 4 is 28.8 Å². The Morgan fingerprint density at radius 3 is 2.95 bits per heavy atom. The highest BCUT2D eigenvalue weighted by molar-refractivity contribution is 7.80. The van der Waals surface area contributed by atoms with Crippen molar-refractivity contribution in [1.29, 1.82) is 0 Å². The fourth-order valence-corrected chi connectivity index (χ4v) is 2.50. The third-order valence-corrected chi connectivity index (χ3v) is 3.70. The minimum Gasteiger partial charge on any atom is -0.389 e. The summed E-state index contributed by atoms with van der Waals surface area (Å²) in [6.45, 7) is 0.779. The summed E-state index contributed by atoms with van der Waals surface area (Å²) in [5.41, 5.74) is 6.06. The molecule has 0 aromatic heterocycles. The van der Waals surface area contributed by atoms with Crippen LogP contribution in [-0.2, 0) is 9.53 Å². The number of amides is 1. The van der Waals surface area contributed by atoms with Gasteiger partial charge in [0.25, 0.3) is 0 Å². The zero-order valence-corrected chi connectivity index (χ0v) is 12.5. The van der Waals surface area contributed by atoms with Crippen LogP contribution in [0, 0.1) is 5.82 Å². The lowest BCUT2D eigenvalue weighted by Gasteiger charge is -2.22. The first-order valence-electron chi connectivity index (χ1n) is 7.07. The van der Waals surface area contributed by atoms with Gasteiger partial charge in [-0.2, -0.15) is 0 Å². The van der Waals surface area contributed by atoms with Gasteiger partial charge in [-0.3, -0.25) is 4.79 Å². The van der Waals surface area contributed by atoms with Crippen LogP contribution >= 0.6 is 12.2 Å². The normalized spacial score (nSPS) is 18.2. The van der Waals surface area contributed by atoms with E-state index in [1.807, 2.05) is 0 Å². The second kappa shape index (κ2) is 7.47. The number of ether oxygens (including phenoxy) is 1. The van der Waals surface area contributed by atoms with Gasteiger partial charge >= 0.3 is 0 Å². The maximum Gasteiger partial charge on any atom is 0.224 e. The van der Waals surface area contributed by atoms with Gasteiger partial charge in [-0.05, 0) is 43.9 Å². The SMILES string of the molecule is NC(=S)c1cc(NC(=O)CCC2CCCCO2)ccc1F. The molecule has 0 aliphatic carbocycles. The molecule has 1 unspecified atom stereocenters. The van der Waals surface area contributed by atoms with E-state index in [9.17, 15) is 9.18 Å². The molecule has 0 saturated carbocycles. The largest absolute Gasteiger partial charge is 0.389 e. The number of benzene rings is 1. The number of rotatable bonds is 5. The number of carbonyl (C=O) groups excluding carboxylic acids is 1. The molecule has 114 valence electrons. The van der Waals surface area contributed by atoms with E-state index in [2.05, 4.69) is 5.32 Å². The summed E-state index contributed by atoms with van der Waals surface area (Å²) in [5.74, 6) is -0.610. The fourth-order valence-electron chi connectivity index (χ4n) is 2.34. The number of hydrogen-bond acceptors (Lipinski definition) is 3. The Balaban J connectivity index is 1.87. The quantitative estimate of drug-likeness (QED) is 0.821. The van der Waals surface area contributed by atoms with E-state index in [4.69, 9.17) is 22.7 Å². The van der Waals surface area contributed by atoms with Crippen LogP contribution in [0.15, 0.2) is 18.2 Å². The minimum absolute atomic E-state index is 0.0285. The molecule has 0 spiro atoms. The standard InChI is InChI=1S/C15H19FN2O2S/c16-13-6-4-10(9-12(13)15(17)21)18-14(19)7-5-11-3-1-2-8-20-11/h4,6,9,11H,1-3,5,7-8H2,(H2,17,21)(H,18,19). The maximum absolute atomic E-state index is 13.5. The van der Waals surface area contributed by atoms with Crippen LogP contribution < -0.4 is 11.1 Å². The fraction of sp³-hybridized carbons (Fsp3) is 0.467. The molecule has 21 heavy (non-hydrogen) atoms. The van der Waals surface area contributed by atoms with Crippen molar-refractivity contribution in [2.24, 2.45) is 5.73 Å². The molecule has 1 atom stereocenters. The highest BCUT2D eigenvalue weighted by Gasteiger charge is 2.15.